The van der Waals surface area contributed by atoms with E-state index in [2.05, 4.69) is 0 Å². The number of carbonyl (C=O) groups excluding carboxylic acids is 1. The highest BCUT2D eigenvalue weighted by Crippen LogP contribution is 2.48. The van der Waals surface area contributed by atoms with E-state index in [1.165, 1.54) is 17.0 Å². The Balaban J connectivity index is 1.74. The van der Waals surface area contributed by atoms with Crippen LogP contribution in [0.1, 0.15) is 24.5 Å². The third-order valence-corrected chi connectivity index (χ3v) is 4.14. The number of carbonyl (C=O) groups is 2. The van der Waals surface area contributed by atoms with Crippen molar-refractivity contribution in [3.63, 3.8) is 0 Å². The van der Waals surface area contributed by atoms with Gasteiger partial charge in [-0.3, -0.25) is 9.59 Å². The van der Waals surface area contributed by atoms with Crippen molar-refractivity contribution in [1.82, 2.24) is 4.90 Å². The molecule has 1 saturated heterocycles. The molecule has 0 spiro atoms. The number of hydrogen-bond acceptors (Lipinski definition) is 3. The van der Waals surface area contributed by atoms with Crippen LogP contribution >= 0.6 is 0 Å². The molecule has 1 aliphatic heterocycles. The Hall–Kier alpha value is -1.95. The molecule has 1 heterocycles. The summed E-state index contributed by atoms with van der Waals surface area (Å²) in [5, 5.41) is 9.20. The first-order valence-corrected chi connectivity index (χ1v) is 6.93. The van der Waals surface area contributed by atoms with Crippen LogP contribution in [0.15, 0.2) is 24.3 Å². The second-order valence-corrected chi connectivity index (χ2v) is 5.55. The molecule has 1 aliphatic carbocycles. The molecule has 1 saturated carbocycles. The standard InChI is InChI=1S/C15H16FNO4/c16-11-3-1-2-10(8-11)12-9-17(6-7-21-12)13(18)15(4-5-15)14(19)20/h1-3,8,12H,4-7,9H2,(H,19,20)/t12-/m0/s1. The Morgan fingerprint density at radius 1 is 1.38 bits per heavy atom. The van der Waals surface area contributed by atoms with Gasteiger partial charge in [0.05, 0.1) is 13.2 Å². The molecule has 6 heteroatoms. The fourth-order valence-corrected chi connectivity index (χ4v) is 2.69. The maximum atomic E-state index is 13.3. The number of hydrogen-bond donors (Lipinski definition) is 1. The van der Waals surface area contributed by atoms with Crippen LogP contribution in [0.5, 0.6) is 0 Å². The summed E-state index contributed by atoms with van der Waals surface area (Å²) in [5.74, 6) is -1.76. The quantitative estimate of drug-likeness (QED) is 0.859. The van der Waals surface area contributed by atoms with Gasteiger partial charge in [-0.1, -0.05) is 12.1 Å². The molecule has 2 aliphatic rings. The molecule has 0 bridgehead atoms. The predicted molar refractivity (Wildman–Crippen MR) is 71.0 cm³/mol. The van der Waals surface area contributed by atoms with Gasteiger partial charge in [-0.15, -0.1) is 0 Å². The Morgan fingerprint density at radius 3 is 2.76 bits per heavy atom. The molecular weight excluding hydrogens is 277 g/mol. The fourth-order valence-electron chi connectivity index (χ4n) is 2.69. The lowest BCUT2D eigenvalue weighted by atomic mass is 10.0. The van der Waals surface area contributed by atoms with Gasteiger partial charge in [0.1, 0.15) is 17.3 Å². The molecule has 1 aromatic carbocycles. The number of carboxylic acids is 1. The van der Waals surface area contributed by atoms with E-state index in [9.17, 15) is 19.1 Å². The number of morpholine rings is 1. The molecule has 5 nitrogen and oxygen atoms in total. The van der Waals surface area contributed by atoms with E-state index < -0.39 is 17.5 Å². The van der Waals surface area contributed by atoms with Crippen molar-refractivity contribution < 1.29 is 23.8 Å². The molecule has 0 radical (unpaired) electrons. The third-order valence-electron chi connectivity index (χ3n) is 4.14. The smallest absolute Gasteiger partial charge is 0.319 e. The van der Waals surface area contributed by atoms with E-state index in [0.29, 0.717) is 31.6 Å². The van der Waals surface area contributed by atoms with E-state index >= 15 is 0 Å². The molecule has 2 fully saturated rings. The highest BCUT2D eigenvalue weighted by molar-refractivity contribution is 6.04. The van der Waals surface area contributed by atoms with Crippen LogP contribution in [-0.2, 0) is 14.3 Å². The zero-order valence-electron chi connectivity index (χ0n) is 11.4. The normalized spacial score (nSPS) is 23.7. The number of aliphatic carboxylic acids is 1. The van der Waals surface area contributed by atoms with Gasteiger partial charge in [-0.05, 0) is 30.5 Å². The second-order valence-electron chi connectivity index (χ2n) is 5.55. The summed E-state index contributed by atoms with van der Waals surface area (Å²) in [7, 11) is 0. The zero-order chi connectivity index (χ0) is 15.0. The van der Waals surface area contributed by atoms with Crippen LogP contribution in [0.4, 0.5) is 4.39 Å². The van der Waals surface area contributed by atoms with Crippen LogP contribution < -0.4 is 0 Å². The Bertz CT molecular complexity index is 585. The molecule has 21 heavy (non-hydrogen) atoms. The van der Waals surface area contributed by atoms with Crippen molar-refractivity contribution in [3.8, 4) is 0 Å². The number of rotatable bonds is 3. The molecular formula is C15H16FNO4. The number of carboxylic acid groups (broad SMARTS) is 1. The summed E-state index contributed by atoms with van der Waals surface area (Å²) in [6.07, 6.45) is 0.370. The lowest BCUT2D eigenvalue weighted by molar-refractivity contribution is -0.157. The summed E-state index contributed by atoms with van der Waals surface area (Å²) >= 11 is 0. The Kier molecular flexibility index (Phi) is 3.41. The Morgan fingerprint density at radius 2 is 2.14 bits per heavy atom. The number of halogens is 1. The molecule has 112 valence electrons. The minimum atomic E-state index is -1.23. The summed E-state index contributed by atoms with van der Waals surface area (Å²) < 4.78 is 18.9. The number of benzene rings is 1. The monoisotopic (exact) mass is 293 g/mol. The van der Waals surface area contributed by atoms with Crippen LogP contribution in [0.25, 0.3) is 0 Å². The third kappa shape index (κ3) is 2.51. The molecule has 0 unspecified atom stereocenters. The fraction of sp³-hybridized carbons (Fsp3) is 0.467. The van der Waals surface area contributed by atoms with Crippen LogP contribution in [0.2, 0.25) is 0 Å². The molecule has 1 amide bonds. The largest absolute Gasteiger partial charge is 0.480 e. The molecule has 1 N–H and O–H groups in total. The maximum Gasteiger partial charge on any atom is 0.319 e. The average Bonchev–Trinajstić information content (AvgIpc) is 3.28. The van der Waals surface area contributed by atoms with Gasteiger partial charge in [0, 0.05) is 6.54 Å². The van der Waals surface area contributed by atoms with Crippen LogP contribution in [0, 0.1) is 11.2 Å². The minimum Gasteiger partial charge on any atom is -0.480 e. The molecule has 1 atom stereocenters. The van der Waals surface area contributed by atoms with Crippen molar-refractivity contribution >= 4 is 11.9 Å². The van der Waals surface area contributed by atoms with E-state index in [1.807, 2.05) is 0 Å². The van der Waals surface area contributed by atoms with Crippen LogP contribution in [-0.4, -0.2) is 41.6 Å². The predicted octanol–water partition coefficient (Wildman–Crippen LogP) is 1.59. The van der Waals surface area contributed by atoms with E-state index in [1.54, 1.807) is 12.1 Å². The van der Waals surface area contributed by atoms with Crippen molar-refractivity contribution in [1.29, 1.82) is 0 Å². The van der Waals surface area contributed by atoms with Gasteiger partial charge in [-0.25, -0.2) is 4.39 Å². The lowest BCUT2D eigenvalue weighted by Gasteiger charge is -2.34. The SMILES string of the molecule is O=C(O)C1(C(=O)N2CCO[C@H](c3cccc(F)c3)C2)CC1. The number of amides is 1. The number of ether oxygens (including phenoxy) is 1. The zero-order valence-corrected chi connectivity index (χ0v) is 11.4. The summed E-state index contributed by atoms with van der Waals surface area (Å²) in [4.78, 5) is 25.1. The number of nitrogens with zero attached hydrogens (tertiary/aromatic N) is 1. The van der Waals surface area contributed by atoms with E-state index in [0.717, 1.165) is 0 Å². The average molecular weight is 293 g/mol. The minimum absolute atomic E-state index is 0.261. The van der Waals surface area contributed by atoms with Crippen LogP contribution in [0.3, 0.4) is 0 Å². The lowest BCUT2D eigenvalue weighted by Crippen LogP contribution is -2.47. The topological polar surface area (TPSA) is 66.8 Å². The first-order valence-electron chi connectivity index (χ1n) is 6.93. The highest BCUT2D eigenvalue weighted by Gasteiger charge is 2.58. The van der Waals surface area contributed by atoms with Gasteiger partial charge < -0.3 is 14.7 Å². The summed E-state index contributed by atoms with van der Waals surface area (Å²) in [6.45, 7) is 0.958. The van der Waals surface area contributed by atoms with Gasteiger partial charge in [-0.2, -0.15) is 0 Å². The van der Waals surface area contributed by atoms with Crippen molar-refractivity contribution in [2.75, 3.05) is 19.7 Å². The van der Waals surface area contributed by atoms with Gasteiger partial charge >= 0.3 is 5.97 Å². The van der Waals surface area contributed by atoms with Gasteiger partial charge in [0.25, 0.3) is 0 Å². The first-order chi connectivity index (χ1) is 10.0. The Labute approximate surface area is 121 Å². The van der Waals surface area contributed by atoms with Crippen molar-refractivity contribution in [3.05, 3.63) is 35.6 Å². The van der Waals surface area contributed by atoms with Gasteiger partial charge in [0.2, 0.25) is 5.91 Å². The maximum absolute atomic E-state index is 13.3. The van der Waals surface area contributed by atoms with Crippen molar-refractivity contribution in [2.24, 2.45) is 5.41 Å². The molecule has 1 aromatic rings. The van der Waals surface area contributed by atoms with E-state index in [4.69, 9.17) is 4.74 Å². The molecule has 3 rings (SSSR count). The summed E-state index contributed by atoms with van der Waals surface area (Å²) in [5.41, 5.74) is -0.572. The summed E-state index contributed by atoms with van der Waals surface area (Å²) in [6, 6.07) is 6.06. The van der Waals surface area contributed by atoms with E-state index in [-0.39, 0.29) is 18.3 Å². The van der Waals surface area contributed by atoms with Gasteiger partial charge in [0.15, 0.2) is 0 Å². The van der Waals surface area contributed by atoms with Crippen molar-refractivity contribution in [2.45, 2.75) is 18.9 Å². The second kappa shape index (κ2) is 5.11. The molecule has 0 aromatic heterocycles. The highest BCUT2D eigenvalue weighted by atomic mass is 19.1. The first kappa shape index (κ1) is 14.0.